The van der Waals surface area contributed by atoms with E-state index in [-0.39, 0.29) is 0 Å². The molecule has 0 bridgehead atoms. The van der Waals surface area contributed by atoms with Gasteiger partial charge in [-0.05, 0) is 97.8 Å². The van der Waals surface area contributed by atoms with Gasteiger partial charge in [0.2, 0.25) is 0 Å². The van der Waals surface area contributed by atoms with Crippen LogP contribution in [0.3, 0.4) is 0 Å². The van der Waals surface area contributed by atoms with E-state index in [0.29, 0.717) is 0 Å². The number of hydrogen-bond donors (Lipinski definition) is 0. The average Bonchev–Trinajstić information content (AvgIpc) is 3.72. The monoisotopic (exact) mass is 690 g/mol. The molecule has 11 aromatic rings. The Morgan fingerprint density at radius 1 is 0.352 bits per heavy atom. The van der Waals surface area contributed by atoms with Crippen LogP contribution in [0.25, 0.3) is 99.0 Å². The molecule has 11 rings (SSSR count). The van der Waals surface area contributed by atoms with E-state index in [0.717, 1.165) is 55.4 Å². The highest BCUT2D eigenvalue weighted by atomic mass is 15.0. The largest absolute Gasteiger partial charge is 0.309 e. The van der Waals surface area contributed by atoms with Crippen molar-refractivity contribution in [2.75, 3.05) is 0 Å². The number of hydrogen-bond acceptors (Lipinski definition) is 2. The zero-order chi connectivity index (χ0) is 35.9. The van der Waals surface area contributed by atoms with Gasteiger partial charge in [-0.25, -0.2) is 0 Å². The first-order chi connectivity index (χ1) is 26.6. The van der Waals surface area contributed by atoms with E-state index in [9.17, 15) is 0 Å². The van der Waals surface area contributed by atoms with Crippen molar-refractivity contribution in [1.82, 2.24) is 19.1 Å². The van der Waals surface area contributed by atoms with Crippen molar-refractivity contribution in [2.24, 2.45) is 0 Å². The van der Waals surface area contributed by atoms with Gasteiger partial charge in [0.1, 0.15) is 0 Å². The lowest BCUT2D eigenvalue weighted by molar-refractivity contribution is 1.18. The average molecular weight is 691 g/mol. The zero-order valence-corrected chi connectivity index (χ0v) is 30.0. The lowest BCUT2D eigenvalue weighted by Gasteiger charge is -2.11. The van der Waals surface area contributed by atoms with Crippen molar-refractivity contribution in [3.05, 3.63) is 181 Å². The Hall–Kier alpha value is -7.04. The van der Waals surface area contributed by atoms with E-state index in [1.165, 1.54) is 54.7 Å². The SMILES string of the molecule is Cc1ccc2c(c1)c1ccccc1n2-c1ccc(-c2cnc3c(ccc4cc(-c5ccc(-n6c7ccccc7c7cc(C)ccc76)cc5)cnc43)c2)cc1. The Morgan fingerprint density at radius 2 is 0.759 bits per heavy atom. The van der Waals surface area contributed by atoms with Crippen molar-refractivity contribution in [3.8, 4) is 33.6 Å². The molecule has 0 spiro atoms. The number of aromatic nitrogens is 4. The quantitative estimate of drug-likeness (QED) is 0.172. The van der Waals surface area contributed by atoms with Gasteiger partial charge in [-0.1, -0.05) is 96.1 Å². The molecule has 4 nitrogen and oxygen atoms in total. The molecule has 0 aliphatic rings. The van der Waals surface area contributed by atoms with Crippen LogP contribution in [0.1, 0.15) is 11.1 Å². The summed E-state index contributed by atoms with van der Waals surface area (Å²) >= 11 is 0. The molecular formula is C50H34N4. The van der Waals surface area contributed by atoms with E-state index >= 15 is 0 Å². The first-order valence-corrected chi connectivity index (χ1v) is 18.5. The second kappa shape index (κ2) is 11.7. The maximum Gasteiger partial charge on any atom is 0.0965 e. The van der Waals surface area contributed by atoms with Crippen LogP contribution >= 0.6 is 0 Å². The van der Waals surface area contributed by atoms with E-state index in [2.05, 4.69) is 181 Å². The third-order valence-corrected chi connectivity index (χ3v) is 11.1. The van der Waals surface area contributed by atoms with Gasteiger partial charge in [-0.2, -0.15) is 0 Å². The molecule has 0 aliphatic carbocycles. The highest BCUT2D eigenvalue weighted by Gasteiger charge is 2.15. The minimum absolute atomic E-state index is 0.914. The molecule has 254 valence electrons. The molecule has 0 saturated heterocycles. The normalized spacial score (nSPS) is 11.9. The van der Waals surface area contributed by atoms with Gasteiger partial charge in [0.05, 0.1) is 33.1 Å². The molecule has 4 aromatic heterocycles. The fourth-order valence-corrected chi connectivity index (χ4v) is 8.44. The number of rotatable bonds is 4. The topological polar surface area (TPSA) is 35.6 Å². The molecule has 4 heterocycles. The number of nitrogens with zero attached hydrogens (tertiary/aromatic N) is 4. The Labute approximate surface area is 312 Å². The first-order valence-electron chi connectivity index (χ1n) is 18.5. The maximum absolute atomic E-state index is 4.98. The highest BCUT2D eigenvalue weighted by molar-refractivity contribution is 6.11. The predicted molar refractivity (Wildman–Crippen MR) is 226 cm³/mol. The van der Waals surface area contributed by atoms with E-state index in [1.807, 2.05) is 12.4 Å². The van der Waals surface area contributed by atoms with Crippen LogP contribution in [0, 0.1) is 13.8 Å². The smallest absolute Gasteiger partial charge is 0.0965 e. The van der Waals surface area contributed by atoms with Crippen LogP contribution in [0.4, 0.5) is 0 Å². The van der Waals surface area contributed by atoms with Gasteiger partial charge in [0.25, 0.3) is 0 Å². The lowest BCUT2D eigenvalue weighted by Crippen LogP contribution is -1.94. The molecule has 0 aliphatic heterocycles. The summed E-state index contributed by atoms with van der Waals surface area (Å²) in [5.74, 6) is 0. The highest BCUT2D eigenvalue weighted by Crippen LogP contribution is 2.36. The summed E-state index contributed by atoms with van der Waals surface area (Å²) in [6.07, 6.45) is 3.95. The number of aryl methyl sites for hydroxylation is 2. The Morgan fingerprint density at radius 3 is 1.20 bits per heavy atom. The van der Waals surface area contributed by atoms with Gasteiger partial charge in [-0.3, -0.25) is 9.97 Å². The van der Waals surface area contributed by atoms with Gasteiger partial charge in [0, 0.05) is 67.2 Å². The molecule has 54 heavy (non-hydrogen) atoms. The summed E-state index contributed by atoms with van der Waals surface area (Å²) in [6, 6.07) is 57.2. The third-order valence-electron chi connectivity index (χ3n) is 11.1. The maximum atomic E-state index is 4.98. The molecule has 4 heteroatoms. The van der Waals surface area contributed by atoms with Gasteiger partial charge < -0.3 is 9.13 Å². The Balaban J connectivity index is 0.910. The van der Waals surface area contributed by atoms with Crippen molar-refractivity contribution >= 4 is 65.4 Å². The molecule has 0 N–H and O–H groups in total. The molecule has 0 fully saturated rings. The van der Waals surface area contributed by atoms with Crippen LogP contribution in [0.15, 0.2) is 170 Å². The Bertz CT molecular complexity index is 3050. The second-order valence-corrected chi connectivity index (χ2v) is 14.5. The molecule has 0 saturated carbocycles. The number of fused-ring (bicyclic) bond motifs is 9. The summed E-state index contributed by atoms with van der Waals surface area (Å²) in [7, 11) is 0. The summed E-state index contributed by atoms with van der Waals surface area (Å²) in [5.41, 5.74) is 16.0. The van der Waals surface area contributed by atoms with Crippen LogP contribution in [-0.2, 0) is 0 Å². The number of para-hydroxylation sites is 2. The molecule has 0 atom stereocenters. The molecule has 0 radical (unpaired) electrons. The molecular weight excluding hydrogens is 657 g/mol. The van der Waals surface area contributed by atoms with Crippen LogP contribution in [-0.4, -0.2) is 19.1 Å². The fourth-order valence-electron chi connectivity index (χ4n) is 8.44. The van der Waals surface area contributed by atoms with E-state index in [4.69, 9.17) is 9.97 Å². The fraction of sp³-hybridized carbons (Fsp3) is 0.0400. The third kappa shape index (κ3) is 4.70. The van der Waals surface area contributed by atoms with E-state index < -0.39 is 0 Å². The summed E-state index contributed by atoms with van der Waals surface area (Å²) < 4.78 is 4.72. The van der Waals surface area contributed by atoms with Gasteiger partial charge >= 0.3 is 0 Å². The van der Waals surface area contributed by atoms with Gasteiger partial charge in [0.15, 0.2) is 0 Å². The minimum Gasteiger partial charge on any atom is -0.309 e. The minimum atomic E-state index is 0.914. The molecule has 7 aromatic carbocycles. The van der Waals surface area contributed by atoms with Crippen LogP contribution in [0.2, 0.25) is 0 Å². The standard InChI is InChI=1S/C50H34N4/c1-31-11-23-47-43(25-31)41-7-3-5-9-45(41)53(47)39-19-15-33(16-20-39)37-27-35-13-14-36-28-38(30-52-50(36)49(35)51-29-37)34-17-21-40(22-18-34)54-46-10-6-4-8-42(46)44-26-32(2)12-24-48(44)54/h3-30H,1-2H3. The molecule has 0 unspecified atom stereocenters. The van der Waals surface area contributed by atoms with Crippen molar-refractivity contribution in [2.45, 2.75) is 13.8 Å². The Kier molecular flexibility index (Phi) is 6.65. The van der Waals surface area contributed by atoms with Crippen molar-refractivity contribution in [1.29, 1.82) is 0 Å². The van der Waals surface area contributed by atoms with Crippen LogP contribution in [0.5, 0.6) is 0 Å². The van der Waals surface area contributed by atoms with Crippen molar-refractivity contribution < 1.29 is 0 Å². The van der Waals surface area contributed by atoms with Gasteiger partial charge in [-0.15, -0.1) is 0 Å². The zero-order valence-electron chi connectivity index (χ0n) is 30.0. The lowest BCUT2D eigenvalue weighted by atomic mass is 10.0. The molecule has 0 amide bonds. The number of benzene rings is 7. The number of pyridine rings is 2. The summed E-state index contributed by atoms with van der Waals surface area (Å²) in [5, 5.41) is 7.26. The van der Waals surface area contributed by atoms with Crippen molar-refractivity contribution in [3.63, 3.8) is 0 Å². The second-order valence-electron chi connectivity index (χ2n) is 14.5. The first kappa shape index (κ1) is 30.6. The van der Waals surface area contributed by atoms with Crippen LogP contribution < -0.4 is 0 Å². The van der Waals surface area contributed by atoms with E-state index in [1.54, 1.807) is 0 Å². The predicted octanol–water partition coefficient (Wildman–Crippen LogP) is 12.9. The summed E-state index contributed by atoms with van der Waals surface area (Å²) in [6.45, 7) is 4.31. The summed E-state index contributed by atoms with van der Waals surface area (Å²) in [4.78, 5) is 9.95.